The molecule has 3 aromatic carbocycles. The van der Waals surface area contributed by atoms with Crippen LogP contribution in [0.25, 0.3) is 0 Å². The van der Waals surface area contributed by atoms with Crippen LogP contribution in [0, 0.1) is 0 Å². The first-order valence-corrected chi connectivity index (χ1v) is 12.2. The van der Waals surface area contributed by atoms with Crippen LogP contribution in [-0.4, -0.2) is 38.0 Å². The van der Waals surface area contributed by atoms with E-state index in [9.17, 15) is 14.4 Å². The van der Waals surface area contributed by atoms with E-state index < -0.39 is 17.4 Å². The number of methoxy groups -OCH3 is 1. The molecule has 3 rings (SSSR count). The van der Waals surface area contributed by atoms with Gasteiger partial charge < -0.3 is 15.4 Å². The molecule has 0 bridgehead atoms. The van der Waals surface area contributed by atoms with E-state index in [0.717, 1.165) is 16.7 Å². The average molecular weight is 500 g/mol. The summed E-state index contributed by atoms with van der Waals surface area (Å²) in [5.74, 6) is -1.50. The second-order valence-corrected chi connectivity index (χ2v) is 8.52. The highest BCUT2D eigenvalue weighted by atomic mass is 16.5. The molecule has 0 atom stereocenters. The number of nitrogens with one attached hydrogen (secondary N) is 3. The topological polar surface area (TPSA) is 96.5 Å². The lowest BCUT2D eigenvalue weighted by atomic mass is 9.77. The van der Waals surface area contributed by atoms with Gasteiger partial charge in [0.25, 0.3) is 5.91 Å². The zero-order valence-corrected chi connectivity index (χ0v) is 21.4. The number of hydrogen-bond donors (Lipinski definition) is 3. The number of hydrogen-bond acceptors (Lipinski definition) is 5. The molecular weight excluding hydrogens is 466 g/mol. The molecule has 0 fully saturated rings. The molecule has 2 amide bonds. The highest BCUT2D eigenvalue weighted by molar-refractivity contribution is 5.99. The number of carbonyl (C=O) groups excluding carboxylic acids is 3. The van der Waals surface area contributed by atoms with Crippen molar-refractivity contribution in [2.24, 2.45) is 0 Å². The predicted octanol–water partition coefficient (Wildman–Crippen LogP) is 3.66. The first kappa shape index (κ1) is 27.4. The van der Waals surface area contributed by atoms with Crippen molar-refractivity contribution in [2.45, 2.75) is 25.8 Å². The molecule has 0 saturated carbocycles. The summed E-state index contributed by atoms with van der Waals surface area (Å²) in [5.41, 5.74) is 2.90. The van der Waals surface area contributed by atoms with Crippen molar-refractivity contribution in [3.63, 3.8) is 0 Å². The summed E-state index contributed by atoms with van der Waals surface area (Å²) in [5, 5.41) is 8.75. The summed E-state index contributed by atoms with van der Waals surface area (Å²) in [6.45, 7) is 3.29. The van der Waals surface area contributed by atoms with Crippen molar-refractivity contribution in [1.82, 2.24) is 16.0 Å². The number of amides is 2. The summed E-state index contributed by atoms with van der Waals surface area (Å²) in [4.78, 5) is 37.5. The Morgan fingerprint density at radius 3 is 1.62 bits per heavy atom. The second-order valence-electron chi connectivity index (χ2n) is 8.52. The van der Waals surface area contributed by atoms with Crippen LogP contribution in [0.1, 0.15) is 37.0 Å². The molecule has 0 aromatic heterocycles. The molecule has 3 aromatic rings. The normalized spacial score (nSPS) is 11.8. The van der Waals surface area contributed by atoms with Crippen LogP contribution in [-0.2, 0) is 24.7 Å². The van der Waals surface area contributed by atoms with Crippen molar-refractivity contribution in [1.29, 1.82) is 0 Å². The van der Waals surface area contributed by atoms with Gasteiger partial charge in [-0.25, -0.2) is 0 Å². The van der Waals surface area contributed by atoms with Gasteiger partial charge >= 0.3 is 5.97 Å². The molecule has 7 nitrogen and oxygen atoms in total. The van der Waals surface area contributed by atoms with Gasteiger partial charge in [0.15, 0.2) is 0 Å². The summed E-state index contributed by atoms with van der Waals surface area (Å²) in [6.07, 6.45) is 0.552. The van der Waals surface area contributed by atoms with Crippen LogP contribution in [0.3, 0.4) is 0 Å². The molecule has 0 saturated heterocycles. The van der Waals surface area contributed by atoms with Crippen LogP contribution in [0.4, 0.5) is 0 Å². The third-order valence-corrected chi connectivity index (χ3v) is 6.20. The minimum Gasteiger partial charge on any atom is -0.468 e. The molecule has 0 aliphatic carbocycles. The maximum Gasteiger partial charge on any atom is 0.325 e. The van der Waals surface area contributed by atoms with Crippen molar-refractivity contribution < 1.29 is 19.1 Å². The largest absolute Gasteiger partial charge is 0.468 e. The fraction of sp³-hybridized carbons (Fsp3) is 0.233. The third-order valence-electron chi connectivity index (χ3n) is 6.20. The number of benzene rings is 3. The maximum absolute atomic E-state index is 13.2. The molecule has 37 heavy (non-hydrogen) atoms. The Bertz CT molecular complexity index is 1130. The average Bonchev–Trinajstić information content (AvgIpc) is 2.96. The van der Waals surface area contributed by atoms with Crippen LogP contribution in [0.2, 0.25) is 0 Å². The van der Waals surface area contributed by atoms with Crippen molar-refractivity contribution in [2.75, 3.05) is 20.2 Å². The Morgan fingerprint density at radius 1 is 0.757 bits per heavy atom. The van der Waals surface area contributed by atoms with Gasteiger partial charge in [0.1, 0.15) is 12.2 Å². The van der Waals surface area contributed by atoms with E-state index in [4.69, 9.17) is 0 Å². The molecule has 0 aliphatic rings. The summed E-state index contributed by atoms with van der Waals surface area (Å²) >= 11 is 0. The van der Waals surface area contributed by atoms with Crippen LogP contribution < -0.4 is 16.0 Å². The zero-order chi connectivity index (χ0) is 26.7. The van der Waals surface area contributed by atoms with E-state index in [0.29, 0.717) is 12.0 Å². The summed E-state index contributed by atoms with van der Waals surface area (Å²) in [7, 11) is 1.24. The van der Waals surface area contributed by atoms with Gasteiger partial charge in [0.05, 0.1) is 19.2 Å². The van der Waals surface area contributed by atoms with E-state index in [1.165, 1.54) is 7.11 Å². The minimum atomic E-state index is -0.821. The Kier molecular flexibility index (Phi) is 9.75. The molecule has 0 radical (unpaired) electrons. The molecule has 7 heteroatoms. The second kappa shape index (κ2) is 13.2. The number of allylic oxidation sites excluding steroid dienone is 1. The highest BCUT2D eigenvalue weighted by Gasteiger charge is 2.36. The van der Waals surface area contributed by atoms with Gasteiger partial charge in [-0.2, -0.15) is 0 Å². The smallest absolute Gasteiger partial charge is 0.325 e. The van der Waals surface area contributed by atoms with E-state index in [2.05, 4.69) is 20.7 Å². The Hall–Kier alpha value is -4.23. The van der Waals surface area contributed by atoms with Gasteiger partial charge in [-0.1, -0.05) is 97.9 Å². The van der Waals surface area contributed by atoms with Gasteiger partial charge in [-0.05, 0) is 35.6 Å². The number of ether oxygens (including phenoxy) is 1. The van der Waals surface area contributed by atoms with Gasteiger partial charge in [-0.15, -0.1) is 0 Å². The fourth-order valence-electron chi connectivity index (χ4n) is 4.11. The monoisotopic (exact) mass is 499 g/mol. The molecule has 0 aliphatic heterocycles. The maximum atomic E-state index is 13.2. The summed E-state index contributed by atoms with van der Waals surface area (Å²) in [6, 6.07) is 29.8. The van der Waals surface area contributed by atoms with Crippen LogP contribution >= 0.6 is 0 Å². The Morgan fingerprint density at radius 2 is 1.22 bits per heavy atom. The molecule has 0 unspecified atom stereocenters. The summed E-state index contributed by atoms with van der Waals surface area (Å²) < 4.78 is 4.58. The Labute approximate surface area is 217 Å². The highest BCUT2D eigenvalue weighted by Crippen LogP contribution is 2.36. The van der Waals surface area contributed by atoms with E-state index in [-0.39, 0.29) is 24.7 Å². The van der Waals surface area contributed by atoms with E-state index in [1.807, 2.05) is 97.9 Å². The lowest BCUT2D eigenvalue weighted by Crippen LogP contribution is -2.49. The van der Waals surface area contributed by atoms with E-state index in [1.54, 1.807) is 6.92 Å². The number of carbonyl (C=O) groups is 3. The number of rotatable bonds is 11. The van der Waals surface area contributed by atoms with Crippen molar-refractivity contribution >= 4 is 17.8 Å². The Balaban J connectivity index is 1.93. The molecule has 192 valence electrons. The molecule has 0 spiro atoms. The van der Waals surface area contributed by atoms with Crippen molar-refractivity contribution in [3.8, 4) is 0 Å². The predicted molar refractivity (Wildman–Crippen MR) is 143 cm³/mol. The minimum absolute atomic E-state index is 0.0799. The van der Waals surface area contributed by atoms with Gasteiger partial charge in [-0.3, -0.25) is 19.7 Å². The SMILES string of the molecule is CC/C(C)=C(/NC(=O)CNC(c1ccccc1)(c1ccccc1)c1ccccc1)C(=O)NCC(=O)OC. The fourth-order valence-corrected chi connectivity index (χ4v) is 4.11. The van der Waals surface area contributed by atoms with Crippen molar-refractivity contribution in [3.05, 3.63) is 119 Å². The zero-order valence-electron chi connectivity index (χ0n) is 21.4. The lowest BCUT2D eigenvalue weighted by molar-refractivity contribution is -0.140. The van der Waals surface area contributed by atoms with E-state index >= 15 is 0 Å². The van der Waals surface area contributed by atoms with Crippen LogP contribution in [0.5, 0.6) is 0 Å². The molecule has 0 heterocycles. The molecular formula is C30H33N3O4. The lowest BCUT2D eigenvalue weighted by Gasteiger charge is -2.37. The quantitative estimate of drug-likeness (QED) is 0.213. The molecule has 3 N–H and O–H groups in total. The van der Waals surface area contributed by atoms with Gasteiger partial charge in [0, 0.05) is 0 Å². The first-order valence-electron chi connectivity index (χ1n) is 12.2. The van der Waals surface area contributed by atoms with Gasteiger partial charge in [0.2, 0.25) is 5.91 Å². The third kappa shape index (κ3) is 6.71. The van der Waals surface area contributed by atoms with Crippen LogP contribution in [0.15, 0.2) is 102 Å². The number of esters is 1. The standard InChI is InChI=1S/C30H33N3O4/c1-4-22(2)28(29(36)31-21-27(35)37-3)33-26(34)20-32-30(23-14-8-5-9-15-23,24-16-10-6-11-17-24)25-18-12-7-13-19-25/h5-19,32H,4,20-21H2,1-3H3,(H,31,36)(H,33,34)/b28-22+. The first-order chi connectivity index (χ1) is 17.9.